The summed E-state index contributed by atoms with van der Waals surface area (Å²) in [5, 5.41) is 12.9. The highest BCUT2D eigenvalue weighted by molar-refractivity contribution is 7.86. The summed E-state index contributed by atoms with van der Waals surface area (Å²) in [7, 11) is -9.56. The largest absolute Gasteiger partial charge is 0.481 e. The van der Waals surface area contributed by atoms with Crippen molar-refractivity contribution in [2.75, 3.05) is 11.5 Å². The predicted molar refractivity (Wildman–Crippen MR) is 166 cm³/mol. The molecule has 262 valence electrons. The number of carboxylic acid groups (broad SMARTS) is 1. The first-order valence-electron chi connectivity index (χ1n) is 15.4. The van der Waals surface area contributed by atoms with E-state index >= 15 is 0 Å². The summed E-state index contributed by atoms with van der Waals surface area (Å²) in [5.41, 5.74) is 5.06. The van der Waals surface area contributed by atoms with Crippen molar-refractivity contribution in [2.45, 2.75) is 128 Å². The lowest BCUT2D eigenvalue weighted by Crippen LogP contribution is -2.49. The van der Waals surface area contributed by atoms with Crippen LogP contribution in [0.2, 0.25) is 0 Å². The highest BCUT2D eigenvalue weighted by atomic mass is 32.2. The van der Waals surface area contributed by atoms with Crippen LogP contribution < -0.4 is 16.4 Å². The van der Waals surface area contributed by atoms with Crippen LogP contribution >= 0.6 is 0 Å². The van der Waals surface area contributed by atoms with E-state index < -0.39 is 85.6 Å². The Labute approximate surface area is 266 Å². The average Bonchev–Trinajstić information content (AvgIpc) is 2.90. The second kappa shape index (κ2) is 22.8. The first-order chi connectivity index (χ1) is 20.9. The number of carbonyl (C=O) groups excluding carboxylic acids is 4. The molecule has 0 aromatic carbocycles. The van der Waals surface area contributed by atoms with Crippen molar-refractivity contribution in [3.8, 4) is 0 Å². The Morgan fingerprint density at radius 2 is 1.04 bits per heavy atom. The van der Waals surface area contributed by atoms with Gasteiger partial charge in [-0.15, -0.1) is 0 Å². The van der Waals surface area contributed by atoms with Gasteiger partial charge in [-0.05, 0) is 19.8 Å². The monoisotopic (exact) mass is 685 g/mol. The summed E-state index contributed by atoms with van der Waals surface area (Å²) >= 11 is 0. The number of carboxylic acids is 1. The maximum Gasteiger partial charge on any atom is 0.303 e. The number of amides is 3. The molecule has 0 rings (SSSR count). The van der Waals surface area contributed by atoms with Crippen LogP contribution in [-0.4, -0.2) is 84.1 Å². The van der Waals surface area contributed by atoms with Gasteiger partial charge in [-0.2, -0.15) is 16.8 Å². The molecule has 45 heavy (non-hydrogen) atoms. The van der Waals surface area contributed by atoms with Gasteiger partial charge in [-0.25, -0.2) is 0 Å². The third-order valence-electron chi connectivity index (χ3n) is 7.16. The standard InChI is InChI=1S/C28H51N3O12S2/c1-21(27(29)36)30-28(37)22(19-44(38,39)40)18-24(32)23(20-45(41,42)43)31-25(33)16-14-12-10-8-6-4-2-3-5-7-9-11-13-15-17-26(34)35/h21-23H,2-20H2,1H3,(H2,29,36)(H,30,37)(H,31,33)(H,34,35)(H,38,39,40)(H,41,42,43)/t21?,22-,23-/m0/s1. The fraction of sp³-hybridized carbons (Fsp3) is 0.821. The van der Waals surface area contributed by atoms with Crippen LogP contribution in [-0.2, 0) is 44.2 Å². The van der Waals surface area contributed by atoms with Crippen molar-refractivity contribution in [1.29, 1.82) is 0 Å². The SMILES string of the molecule is CC(NC(=O)[C@@H](CC(=O)[C@H](CS(=O)(=O)O)NC(=O)CCCCCCCCCCCCCCCCC(=O)O)CS(=O)(=O)O)C(N)=O. The normalized spacial score (nSPS) is 13.8. The molecule has 17 heteroatoms. The first-order valence-corrected chi connectivity index (χ1v) is 18.7. The Kier molecular flexibility index (Phi) is 21.5. The Bertz CT molecular complexity index is 1160. The molecule has 0 aliphatic rings. The van der Waals surface area contributed by atoms with Crippen LogP contribution in [0.5, 0.6) is 0 Å². The van der Waals surface area contributed by atoms with Gasteiger partial charge in [0.25, 0.3) is 20.2 Å². The number of rotatable bonds is 28. The van der Waals surface area contributed by atoms with E-state index in [-0.39, 0.29) is 12.8 Å². The van der Waals surface area contributed by atoms with E-state index in [1.165, 1.54) is 6.92 Å². The lowest BCUT2D eigenvalue weighted by Gasteiger charge is -2.21. The molecule has 3 atom stereocenters. The molecule has 0 radical (unpaired) electrons. The summed E-state index contributed by atoms with van der Waals surface area (Å²) in [5.74, 6) is -8.73. The average molecular weight is 686 g/mol. The van der Waals surface area contributed by atoms with Crippen molar-refractivity contribution in [1.82, 2.24) is 10.6 Å². The van der Waals surface area contributed by atoms with E-state index in [4.69, 9.17) is 10.8 Å². The Morgan fingerprint density at radius 1 is 0.644 bits per heavy atom. The van der Waals surface area contributed by atoms with Gasteiger partial charge in [-0.1, -0.05) is 77.0 Å². The number of primary amides is 1. The van der Waals surface area contributed by atoms with E-state index in [0.717, 1.165) is 83.5 Å². The molecule has 0 aromatic heterocycles. The molecule has 0 saturated heterocycles. The van der Waals surface area contributed by atoms with E-state index in [1.54, 1.807) is 0 Å². The molecule has 1 unspecified atom stereocenters. The number of Topliss-reactive ketones (excluding diaryl/α,β-unsaturated/α-hetero) is 1. The molecule has 0 heterocycles. The van der Waals surface area contributed by atoms with Crippen LogP contribution in [0, 0.1) is 5.92 Å². The molecular formula is C28H51N3O12S2. The molecule has 3 amide bonds. The first kappa shape index (κ1) is 42.4. The van der Waals surface area contributed by atoms with Crippen LogP contribution in [0.25, 0.3) is 0 Å². The Hall–Kier alpha value is -2.63. The van der Waals surface area contributed by atoms with Gasteiger partial charge in [0.1, 0.15) is 17.8 Å². The zero-order valence-electron chi connectivity index (χ0n) is 26.1. The molecule has 0 saturated carbocycles. The summed E-state index contributed by atoms with van der Waals surface area (Å²) < 4.78 is 64.3. The lowest BCUT2D eigenvalue weighted by atomic mass is 9.99. The second-order valence-electron chi connectivity index (χ2n) is 11.5. The van der Waals surface area contributed by atoms with Crippen LogP contribution in [0.4, 0.5) is 0 Å². The minimum atomic E-state index is -4.79. The van der Waals surface area contributed by atoms with Gasteiger partial charge in [0, 0.05) is 19.3 Å². The fourth-order valence-corrected chi connectivity index (χ4v) is 6.11. The summed E-state index contributed by atoms with van der Waals surface area (Å²) in [6.07, 6.45) is 13.0. The predicted octanol–water partition coefficient (Wildman–Crippen LogP) is 2.14. The summed E-state index contributed by atoms with van der Waals surface area (Å²) in [6, 6.07) is -3.02. The number of hydrogen-bond acceptors (Lipinski definition) is 9. The highest BCUT2D eigenvalue weighted by Gasteiger charge is 2.33. The van der Waals surface area contributed by atoms with Crippen LogP contribution in [0.1, 0.15) is 116 Å². The minimum Gasteiger partial charge on any atom is -0.481 e. The quantitative estimate of drug-likeness (QED) is 0.0511. The molecular weight excluding hydrogens is 634 g/mol. The third-order valence-corrected chi connectivity index (χ3v) is 8.74. The van der Waals surface area contributed by atoms with Crippen molar-refractivity contribution >= 4 is 49.7 Å². The smallest absolute Gasteiger partial charge is 0.303 e. The van der Waals surface area contributed by atoms with Gasteiger partial charge in [0.05, 0.1) is 11.7 Å². The van der Waals surface area contributed by atoms with Gasteiger partial charge < -0.3 is 21.5 Å². The number of ketones is 1. The molecule has 0 bridgehead atoms. The van der Waals surface area contributed by atoms with Crippen molar-refractivity contribution in [2.24, 2.45) is 11.7 Å². The highest BCUT2D eigenvalue weighted by Crippen LogP contribution is 2.15. The van der Waals surface area contributed by atoms with E-state index in [9.17, 15) is 49.9 Å². The third kappa shape index (κ3) is 25.3. The Morgan fingerprint density at radius 3 is 1.42 bits per heavy atom. The topological polar surface area (TPSA) is 264 Å². The number of hydrogen-bond donors (Lipinski definition) is 6. The van der Waals surface area contributed by atoms with Gasteiger partial charge in [0.15, 0.2) is 5.78 Å². The van der Waals surface area contributed by atoms with Crippen molar-refractivity contribution < 1.29 is 55.0 Å². The maximum absolute atomic E-state index is 12.9. The number of nitrogens with one attached hydrogen (secondary N) is 2. The zero-order chi connectivity index (χ0) is 34.5. The molecule has 0 spiro atoms. The number of nitrogens with two attached hydrogens (primary N) is 1. The van der Waals surface area contributed by atoms with Gasteiger partial charge in [0.2, 0.25) is 17.7 Å². The molecule has 0 aliphatic carbocycles. The van der Waals surface area contributed by atoms with E-state index in [0.29, 0.717) is 6.42 Å². The Balaban J connectivity index is 4.54. The van der Waals surface area contributed by atoms with Gasteiger partial charge in [-0.3, -0.25) is 33.1 Å². The van der Waals surface area contributed by atoms with Crippen LogP contribution in [0.15, 0.2) is 0 Å². The van der Waals surface area contributed by atoms with Gasteiger partial charge >= 0.3 is 5.97 Å². The van der Waals surface area contributed by atoms with E-state index in [1.807, 2.05) is 0 Å². The second-order valence-corrected chi connectivity index (χ2v) is 14.5. The lowest BCUT2D eigenvalue weighted by molar-refractivity contribution is -0.137. The van der Waals surface area contributed by atoms with Crippen molar-refractivity contribution in [3.63, 3.8) is 0 Å². The fourth-order valence-electron chi connectivity index (χ4n) is 4.64. The van der Waals surface area contributed by atoms with E-state index in [2.05, 4.69) is 10.6 Å². The molecule has 0 aliphatic heterocycles. The number of unbranched alkanes of at least 4 members (excludes halogenated alkanes) is 13. The number of aliphatic carboxylic acids is 1. The molecule has 7 N–H and O–H groups in total. The zero-order valence-corrected chi connectivity index (χ0v) is 27.7. The van der Waals surface area contributed by atoms with Crippen LogP contribution in [0.3, 0.4) is 0 Å². The summed E-state index contributed by atoms with van der Waals surface area (Å²) in [6.45, 7) is 1.20. The maximum atomic E-state index is 12.9. The molecule has 0 fully saturated rings. The summed E-state index contributed by atoms with van der Waals surface area (Å²) in [4.78, 5) is 59.5. The van der Waals surface area contributed by atoms with Crippen molar-refractivity contribution in [3.05, 3.63) is 0 Å². The number of carbonyl (C=O) groups is 5. The molecule has 15 nitrogen and oxygen atoms in total. The minimum absolute atomic E-state index is 0.0311. The molecule has 0 aromatic rings.